The van der Waals surface area contributed by atoms with Gasteiger partial charge in [0.1, 0.15) is 105 Å². The maximum absolute atomic E-state index is 15.4. The second kappa shape index (κ2) is 35.7. The molecule has 13 aromatic carbocycles. The molecular formula is C79H25B2F40IS2. The van der Waals surface area contributed by atoms with Gasteiger partial charge in [-0.1, -0.05) is 66.4 Å². The number of hydrogen-bond donors (Lipinski definition) is 0. The third-order valence-corrected chi connectivity index (χ3v) is 25.1. The molecule has 45 heteroatoms. The van der Waals surface area contributed by atoms with E-state index in [9.17, 15) is 105 Å². The molecule has 13 aromatic rings. The number of benzene rings is 13. The van der Waals surface area contributed by atoms with Crippen LogP contribution in [0.25, 0.3) is 0 Å². The lowest BCUT2D eigenvalue weighted by molar-refractivity contribution is -0.598. The van der Waals surface area contributed by atoms with E-state index in [0.717, 1.165) is 0 Å². The molecule has 0 saturated heterocycles. The summed E-state index contributed by atoms with van der Waals surface area (Å²) in [7, 11) is -0.0996. The zero-order valence-electron chi connectivity index (χ0n) is 59.2. The fraction of sp³-hybridized carbons (Fsp3) is 0.0127. The molecule has 0 aliphatic carbocycles. The SMILES string of the molecule is Cc1ccccc1[I+]c1ccc(Sc2ccc([S+](c3ccccc3)c3ccccc3)cc2)cc1.Fc1c(F)c(F)c([B-](c2c(F)c(F)c(F)c(F)c2F)(c2c(F)c(F)c(F)c(F)c2F)c2c(F)c(F)c(F)c(F)c2F)c(F)c1F.Fc1c(F)c(F)c([B-](c2c(F)c(F)c(F)c(F)c2F)(c2c(F)c(F)c(F)c(F)c2F)c2c(F)c(F)c(F)c(F)c2F)c(F)c1F. The second-order valence-corrected chi connectivity index (χ2v) is 31.5. The number of hydrogen-bond acceptors (Lipinski definition) is 1. The van der Waals surface area contributed by atoms with Crippen molar-refractivity contribution in [3.05, 3.63) is 379 Å². The van der Waals surface area contributed by atoms with Crippen LogP contribution in [0.2, 0.25) is 0 Å². The van der Waals surface area contributed by atoms with E-state index >= 15 is 70.2 Å². The van der Waals surface area contributed by atoms with E-state index in [2.05, 4.69) is 140 Å². The first-order chi connectivity index (χ1) is 58.2. The van der Waals surface area contributed by atoms with Gasteiger partial charge in [0.05, 0.1) is 10.9 Å². The molecule has 0 unspecified atom stereocenters. The van der Waals surface area contributed by atoms with Crippen molar-refractivity contribution in [2.24, 2.45) is 0 Å². The summed E-state index contributed by atoms with van der Waals surface area (Å²) in [6, 6.07) is 48.7. The normalized spacial score (nSPS) is 11.7. The maximum atomic E-state index is 15.4. The summed E-state index contributed by atoms with van der Waals surface area (Å²) in [5.74, 6) is -143. The molecule has 0 aliphatic heterocycles. The molecule has 13 rings (SSSR count). The highest BCUT2D eigenvalue weighted by Crippen LogP contribution is 2.38. The van der Waals surface area contributed by atoms with Crippen molar-refractivity contribution in [3.63, 3.8) is 0 Å². The molecule has 0 nitrogen and oxygen atoms in total. The van der Waals surface area contributed by atoms with Crippen molar-refractivity contribution in [2.45, 2.75) is 31.4 Å². The zero-order chi connectivity index (χ0) is 91.9. The Hall–Kier alpha value is -11.4. The van der Waals surface area contributed by atoms with Crippen LogP contribution < -0.4 is 64.9 Å². The molecule has 0 aliphatic rings. The molecule has 0 bridgehead atoms. The highest BCUT2D eigenvalue weighted by atomic mass is 127. The average Bonchev–Trinajstić information content (AvgIpc) is 0.684. The van der Waals surface area contributed by atoms with Crippen LogP contribution in [0.5, 0.6) is 0 Å². The topological polar surface area (TPSA) is 0 Å². The first-order valence-corrected chi connectivity index (χ1v) is 37.3. The van der Waals surface area contributed by atoms with Crippen LogP contribution in [-0.2, 0) is 10.9 Å². The summed E-state index contributed by atoms with van der Waals surface area (Å²) >= 11 is 1.70. The van der Waals surface area contributed by atoms with Gasteiger partial charge in [-0.05, 0) is 85.8 Å². The molecule has 0 atom stereocenters. The van der Waals surface area contributed by atoms with Gasteiger partial charge in [0.15, 0.2) is 161 Å². The monoisotopic (exact) mass is 1950 g/mol. The predicted octanol–water partition coefficient (Wildman–Crippen LogP) is 17.1. The van der Waals surface area contributed by atoms with E-state index in [1.165, 1.54) is 37.2 Å². The fourth-order valence-corrected chi connectivity index (χ4v) is 18.7. The second-order valence-electron chi connectivity index (χ2n) is 25.4. The van der Waals surface area contributed by atoms with Crippen LogP contribution in [0.3, 0.4) is 0 Å². The summed E-state index contributed by atoms with van der Waals surface area (Å²) < 4.78 is 591. The highest BCUT2D eigenvalue weighted by Gasteiger charge is 2.55. The van der Waals surface area contributed by atoms with Crippen LogP contribution in [0.1, 0.15) is 5.56 Å². The molecule has 0 fully saturated rings. The van der Waals surface area contributed by atoms with Gasteiger partial charge in [-0.25, -0.2) is 176 Å². The smallest absolute Gasteiger partial charge is 0.207 e. The Morgan fingerprint density at radius 3 is 0.540 bits per heavy atom. The van der Waals surface area contributed by atoms with Gasteiger partial charge in [-0.2, -0.15) is 0 Å². The van der Waals surface area contributed by atoms with Crippen LogP contribution in [-0.4, -0.2) is 12.3 Å². The molecule has 124 heavy (non-hydrogen) atoms. The van der Waals surface area contributed by atoms with E-state index in [0.29, 0.717) is 0 Å². The van der Waals surface area contributed by atoms with Gasteiger partial charge >= 0.3 is 21.2 Å². The van der Waals surface area contributed by atoms with Crippen LogP contribution in [0.4, 0.5) is 176 Å². The first-order valence-electron chi connectivity index (χ1n) is 33.1. The number of aryl methyl sites for hydroxylation is 1. The van der Waals surface area contributed by atoms with Gasteiger partial charge in [0, 0.05) is 15.4 Å². The van der Waals surface area contributed by atoms with E-state index in [4.69, 9.17) is 0 Å². The lowest BCUT2D eigenvalue weighted by Gasteiger charge is -2.44. The third-order valence-electron chi connectivity index (χ3n) is 18.8. The molecule has 0 aromatic heterocycles. The third kappa shape index (κ3) is 15.2. The van der Waals surface area contributed by atoms with Crippen molar-refractivity contribution in [3.8, 4) is 0 Å². The van der Waals surface area contributed by atoms with Crippen LogP contribution >= 0.6 is 11.8 Å². The fourth-order valence-electron chi connectivity index (χ4n) is 13.4. The lowest BCUT2D eigenvalue weighted by Crippen LogP contribution is -3.61. The Balaban J connectivity index is 0.000000183. The molecule has 0 spiro atoms. The van der Waals surface area contributed by atoms with E-state index in [1.54, 1.807) is 0 Å². The summed E-state index contributed by atoms with van der Waals surface area (Å²) in [5, 5.41) is 0. The van der Waals surface area contributed by atoms with Crippen molar-refractivity contribution in [2.75, 3.05) is 0 Å². The van der Waals surface area contributed by atoms with E-state index < -0.39 is 289 Å². The van der Waals surface area contributed by atoms with Gasteiger partial charge in [-0.15, -0.1) is 43.7 Å². The summed E-state index contributed by atoms with van der Waals surface area (Å²) in [6.07, 6.45) is -14.4. The molecule has 0 heterocycles. The van der Waals surface area contributed by atoms with Crippen molar-refractivity contribution in [1.82, 2.24) is 0 Å². The average molecular weight is 1950 g/mol. The molecule has 0 radical (unpaired) electrons. The highest BCUT2D eigenvalue weighted by molar-refractivity contribution is 7.99. The largest absolute Gasteiger partial charge is 0.358 e. The summed E-state index contributed by atoms with van der Waals surface area (Å²) in [4.78, 5) is 6.61. The first kappa shape index (κ1) is 93.3. The minimum atomic E-state index is -7.22. The Labute approximate surface area is 682 Å². The van der Waals surface area contributed by atoms with Crippen LogP contribution in [0, 0.1) is 247 Å². The molecule has 0 N–H and O–H groups in total. The van der Waals surface area contributed by atoms with E-state index in [1.807, 2.05) is 11.8 Å². The summed E-state index contributed by atoms with van der Waals surface area (Å²) in [6.45, 7) is 2.21. The van der Waals surface area contributed by atoms with Gasteiger partial charge in [-0.3, -0.25) is 0 Å². The van der Waals surface area contributed by atoms with Crippen molar-refractivity contribution in [1.29, 1.82) is 0 Å². The Bertz CT molecular complexity index is 5400. The predicted molar refractivity (Wildman–Crippen MR) is 359 cm³/mol. The Kier molecular flexibility index (Phi) is 26.9. The lowest BCUT2D eigenvalue weighted by atomic mass is 9.12. The summed E-state index contributed by atoms with van der Waals surface area (Å²) in [5.41, 5.74) is -27.3. The van der Waals surface area contributed by atoms with Crippen LogP contribution in [0.15, 0.2) is 158 Å². The Morgan fingerprint density at radius 2 is 0.347 bits per heavy atom. The van der Waals surface area contributed by atoms with Crippen molar-refractivity contribution < 1.29 is 197 Å². The minimum Gasteiger partial charge on any atom is -0.207 e. The van der Waals surface area contributed by atoms with E-state index in [-0.39, 0.29) is 32.1 Å². The van der Waals surface area contributed by atoms with Gasteiger partial charge < -0.3 is 0 Å². The maximum Gasteiger partial charge on any atom is 0.358 e. The molecule has 0 amide bonds. The standard InChI is InChI=1S/C31H25IS2.2C24BF20/c1-24-10-8-9-15-31(24)32-25-16-18-26(19-17-25)33-27-20-22-30(23-21-27)34(28-11-4-2-5-12-28)29-13-6-3-7-14-29;2*26-5-1(6(27)14(35)21(42)13(5)34)25(2-7(28)15(36)22(43)16(37)8(2)29,3-9(30)17(38)23(44)18(39)10(3)31)4-11(32)19(40)24(45)20(41)12(4)33/h2-23H,1H3;;/q+2;2*-1. The number of halogens is 41. The van der Waals surface area contributed by atoms with Gasteiger partial charge in [0.2, 0.25) is 0 Å². The molecule has 0 saturated carbocycles. The number of rotatable bonds is 15. The zero-order valence-corrected chi connectivity index (χ0v) is 63.0. The minimum absolute atomic E-state index is 0.0996. The van der Waals surface area contributed by atoms with Crippen molar-refractivity contribution >= 4 is 78.7 Å². The van der Waals surface area contributed by atoms with Gasteiger partial charge in [0.25, 0.3) is 0 Å². The quantitative estimate of drug-likeness (QED) is 0.0246. The Morgan fingerprint density at radius 1 is 0.185 bits per heavy atom. The molecular weight excluding hydrogens is 1920 g/mol. The molecule has 646 valence electrons.